The first-order valence-corrected chi connectivity index (χ1v) is 8.10. The molecule has 0 spiro atoms. The summed E-state index contributed by atoms with van der Waals surface area (Å²) in [5.74, 6) is 0.654. The van der Waals surface area contributed by atoms with Crippen molar-refractivity contribution in [1.29, 1.82) is 0 Å². The summed E-state index contributed by atoms with van der Waals surface area (Å²) < 4.78 is 27.0. The highest BCUT2D eigenvalue weighted by atomic mass is 32.2. The number of anilines is 1. The van der Waals surface area contributed by atoms with Gasteiger partial charge in [-0.2, -0.15) is 0 Å². The molecule has 0 atom stereocenters. The maximum absolute atomic E-state index is 12.2. The van der Waals surface area contributed by atoms with Gasteiger partial charge in [-0.3, -0.25) is 4.98 Å². The molecule has 0 aliphatic rings. The van der Waals surface area contributed by atoms with E-state index in [1.807, 2.05) is 13.8 Å². The van der Waals surface area contributed by atoms with Crippen LogP contribution in [0.15, 0.2) is 41.7 Å². The fourth-order valence-electron chi connectivity index (χ4n) is 1.78. The third-order valence-electron chi connectivity index (χ3n) is 2.99. The Morgan fingerprint density at radius 1 is 1.19 bits per heavy atom. The van der Waals surface area contributed by atoms with E-state index in [-0.39, 0.29) is 11.4 Å². The van der Waals surface area contributed by atoms with E-state index in [1.54, 1.807) is 24.5 Å². The molecule has 2 aromatic heterocycles. The van der Waals surface area contributed by atoms with Gasteiger partial charge in [-0.25, -0.2) is 18.1 Å². The first-order chi connectivity index (χ1) is 10.0. The van der Waals surface area contributed by atoms with Gasteiger partial charge in [0.1, 0.15) is 10.7 Å². The van der Waals surface area contributed by atoms with E-state index >= 15 is 0 Å². The molecule has 2 rings (SSSR count). The lowest BCUT2D eigenvalue weighted by molar-refractivity contribution is 0.580. The highest BCUT2D eigenvalue weighted by molar-refractivity contribution is 7.89. The molecule has 6 nitrogen and oxygen atoms in total. The van der Waals surface area contributed by atoms with Gasteiger partial charge in [-0.15, -0.1) is 0 Å². The molecule has 2 aromatic rings. The maximum Gasteiger partial charge on any atom is 0.242 e. The largest absolute Gasteiger partial charge is 0.370 e. The maximum atomic E-state index is 12.2. The number of sulfonamides is 1. The summed E-state index contributed by atoms with van der Waals surface area (Å²) in [4.78, 5) is 8.20. The van der Waals surface area contributed by atoms with Gasteiger partial charge in [0.2, 0.25) is 10.0 Å². The molecule has 0 aromatic carbocycles. The van der Waals surface area contributed by atoms with E-state index < -0.39 is 10.0 Å². The Bertz CT molecular complexity index is 699. The van der Waals surface area contributed by atoms with Crippen molar-refractivity contribution in [3.63, 3.8) is 0 Å². The zero-order chi connectivity index (χ0) is 15.3. The van der Waals surface area contributed by atoms with Gasteiger partial charge in [0.15, 0.2) is 0 Å². The molecule has 0 unspecified atom stereocenters. The normalized spacial score (nSPS) is 11.3. The third-order valence-corrected chi connectivity index (χ3v) is 4.38. The molecule has 0 radical (unpaired) electrons. The van der Waals surface area contributed by atoms with Crippen LogP contribution in [0.3, 0.4) is 0 Å². The minimum Gasteiger partial charge on any atom is -0.370 e. The Morgan fingerprint density at radius 2 is 2.00 bits per heavy atom. The minimum absolute atomic E-state index is 0.149. The Morgan fingerprint density at radius 3 is 2.62 bits per heavy atom. The van der Waals surface area contributed by atoms with Crippen LogP contribution in [-0.4, -0.2) is 24.9 Å². The van der Waals surface area contributed by atoms with Crippen molar-refractivity contribution in [2.75, 3.05) is 11.9 Å². The van der Waals surface area contributed by atoms with Crippen LogP contribution < -0.4 is 10.0 Å². The van der Waals surface area contributed by atoms with Crippen molar-refractivity contribution >= 4 is 15.8 Å². The monoisotopic (exact) mass is 306 g/mol. The van der Waals surface area contributed by atoms with E-state index in [2.05, 4.69) is 20.0 Å². The van der Waals surface area contributed by atoms with Crippen LogP contribution in [0.4, 0.5) is 5.82 Å². The van der Waals surface area contributed by atoms with Crippen LogP contribution in [0.5, 0.6) is 0 Å². The van der Waals surface area contributed by atoms with Crippen molar-refractivity contribution in [1.82, 2.24) is 14.7 Å². The zero-order valence-electron chi connectivity index (χ0n) is 12.0. The van der Waals surface area contributed by atoms with Crippen LogP contribution in [0.25, 0.3) is 0 Å². The van der Waals surface area contributed by atoms with E-state index in [4.69, 9.17) is 0 Å². The number of hydrogen-bond donors (Lipinski definition) is 2. The summed E-state index contributed by atoms with van der Waals surface area (Å²) in [7, 11) is -3.57. The number of hydrogen-bond acceptors (Lipinski definition) is 5. The standard InChI is InChI=1S/C14H18N4O2S/c1-3-16-14-5-4-13(10-17-14)21(19,20)18-9-12-6-7-15-8-11(12)2/h4-8,10,18H,3,9H2,1-2H3,(H,16,17). The van der Waals surface area contributed by atoms with Gasteiger partial charge < -0.3 is 5.32 Å². The van der Waals surface area contributed by atoms with Gasteiger partial charge >= 0.3 is 0 Å². The molecule has 0 fully saturated rings. The van der Waals surface area contributed by atoms with E-state index in [0.717, 1.165) is 17.7 Å². The van der Waals surface area contributed by atoms with Crippen molar-refractivity contribution in [2.24, 2.45) is 0 Å². The number of rotatable bonds is 6. The summed E-state index contributed by atoms with van der Waals surface area (Å²) in [6.07, 6.45) is 4.69. The van der Waals surface area contributed by atoms with Crippen molar-refractivity contribution < 1.29 is 8.42 Å². The molecular weight excluding hydrogens is 288 g/mol. The van der Waals surface area contributed by atoms with Crippen molar-refractivity contribution in [2.45, 2.75) is 25.3 Å². The summed E-state index contributed by atoms with van der Waals surface area (Å²) in [6.45, 7) is 4.80. The lowest BCUT2D eigenvalue weighted by atomic mass is 10.2. The molecular formula is C14H18N4O2S. The number of nitrogens with one attached hydrogen (secondary N) is 2. The average Bonchev–Trinajstić information content (AvgIpc) is 2.47. The van der Waals surface area contributed by atoms with E-state index in [9.17, 15) is 8.42 Å². The van der Waals surface area contributed by atoms with Gasteiger partial charge in [-0.05, 0) is 43.2 Å². The molecule has 0 saturated heterocycles. The Labute approximate surface area is 124 Å². The molecule has 7 heteroatoms. The number of pyridine rings is 2. The van der Waals surface area contributed by atoms with E-state index in [1.165, 1.54) is 12.3 Å². The number of nitrogens with zero attached hydrogens (tertiary/aromatic N) is 2. The van der Waals surface area contributed by atoms with Gasteiger partial charge in [-0.1, -0.05) is 0 Å². The molecule has 112 valence electrons. The van der Waals surface area contributed by atoms with Gasteiger partial charge in [0.05, 0.1) is 0 Å². The summed E-state index contributed by atoms with van der Waals surface area (Å²) in [5.41, 5.74) is 1.84. The van der Waals surface area contributed by atoms with Crippen LogP contribution in [-0.2, 0) is 16.6 Å². The highest BCUT2D eigenvalue weighted by Crippen LogP contribution is 2.12. The lowest BCUT2D eigenvalue weighted by Gasteiger charge is -2.09. The zero-order valence-corrected chi connectivity index (χ0v) is 12.8. The van der Waals surface area contributed by atoms with E-state index in [0.29, 0.717) is 5.82 Å². The second-order valence-corrected chi connectivity index (χ2v) is 6.30. The molecule has 2 heterocycles. The number of aromatic nitrogens is 2. The third kappa shape index (κ3) is 3.99. The molecule has 0 amide bonds. The summed E-state index contributed by atoms with van der Waals surface area (Å²) in [6, 6.07) is 4.98. The first kappa shape index (κ1) is 15.4. The molecule has 0 aliphatic heterocycles. The second-order valence-electron chi connectivity index (χ2n) is 4.54. The fraction of sp³-hybridized carbons (Fsp3) is 0.286. The molecule has 2 N–H and O–H groups in total. The van der Waals surface area contributed by atoms with Crippen molar-refractivity contribution in [3.8, 4) is 0 Å². The predicted octanol–water partition coefficient (Wildman–Crippen LogP) is 1.70. The van der Waals surface area contributed by atoms with Crippen LogP contribution in [0.2, 0.25) is 0 Å². The first-order valence-electron chi connectivity index (χ1n) is 6.62. The van der Waals surface area contributed by atoms with Gasteiger partial charge in [0, 0.05) is 31.7 Å². The molecule has 0 aliphatic carbocycles. The minimum atomic E-state index is -3.57. The molecule has 0 saturated carbocycles. The fourth-order valence-corrected chi connectivity index (χ4v) is 2.73. The highest BCUT2D eigenvalue weighted by Gasteiger charge is 2.14. The topological polar surface area (TPSA) is 84.0 Å². The van der Waals surface area contributed by atoms with Crippen molar-refractivity contribution in [3.05, 3.63) is 47.9 Å². The molecule has 0 bridgehead atoms. The predicted molar refractivity (Wildman–Crippen MR) is 81.4 cm³/mol. The van der Waals surface area contributed by atoms with Gasteiger partial charge in [0.25, 0.3) is 0 Å². The average molecular weight is 306 g/mol. The Balaban J connectivity index is 2.09. The van der Waals surface area contributed by atoms with Crippen LogP contribution in [0, 0.1) is 6.92 Å². The smallest absolute Gasteiger partial charge is 0.242 e. The summed E-state index contributed by atoms with van der Waals surface area (Å²) >= 11 is 0. The Hall–Kier alpha value is -1.99. The molecule has 21 heavy (non-hydrogen) atoms. The second kappa shape index (κ2) is 6.64. The summed E-state index contributed by atoms with van der Waals surface area (Å²) in [5, 5.41) is 3.02. The SMILES string of the molecule is CCNc1ccc(S(=O)(=O)NCc2ccncc2C)cn1. The number of aryl methyl sites for hydroxylation is 1. The van der Waals surface area contributed by atoms with Crippen LogP contribution >= 0.6 is 0 Å². The van der Waals surface area contributed by atoms with Crippen LogP contribution in [0.1, 0.15) is 18.1 Å². The lowest BCUT2D eigenvalue weighted by Crippen LogP contribution is -2.23. The Kier molecular flexibility index (Phi) is 4.87. The quantitative estimate of drug-likeness (QED) is 0.848.